The predicted octanol–water partition coefficient (Wildman–Crippen LogP) is 2.93. The Hall–Kier alpha value is -2.36. The average molecular weight is 267 g/mol. The van der Waals surface area contributed by atoms with E-state index < -0.39 is 0 Å². The van der Waals surface area contributed by atoms with Gasteiger partial charge in [0.2, 0.25) is 5.91 Å². The first-order valence-electron chi connectivity index (χ1n) is 6.77. The number of anilines is 2. The molecule has 0 saturated carbocycles. The van der Waals surface area contributed by atoms with Crippen molar-refractivity contribution in [3.8, 4) is 0 Å². The molecule has 0 radical (unpaired) electrons. The smallest absolute Gasteiger partial charge is 0.225 e. The number of nitrogens with zero attached hydrogens (tertiary/aromatic N) is 1. The second-order valence-electron chi connectivity index (χ2n) is 5.10. The Kier molecular flexibility index (Phi) is 3.37. The molecular formula is C16H17N3O. The van der Waals surface area contributed by atoms with Crippen molar-refractivity contribution in [3.05, 3.63) is 53.9 Å². The minimum absolute atomic E-state index is 0.0408. The van der Waals surface area contributed by atoms with Crippen LogP contribution < -0.4 is 10.6 Å². The third-order valence-corrected chi connectivity index (χ3v) is 3.55. The van der Waals surface area contributed by atoms with Gasteiger partial charge in [0.1, 0.15) is 0 Å². The van der Waals surface area contributed by atoms with Crippen molar-refractivity contribution in [2.24, 2.45) is 0 Å². The first-order chi connectivity index (χ1) is 9.72. The van der Waals surface area contributed by atoms with Crippen molar-refractivity contribution in [1.29, 1.82) is 0 Å². The highest BCUT2D eigenvalue weighted by Gasteiger charge is 2.23. The van der Waals surface area contributed by atoms with Gasteiger partial charge in [0, 0.05) is 42.1 Å². The molecule has 0 saturated heterocycles. The van der Waals surface area contributed by atoms with E-state index in [0.29, 0.717) is 6.42 Å². The van der Waals surface area contributed by atoms with Gasteiger partial charge in [-0.15, -0.1) is 0 Å². The molecule has 1 atom stereocenters. The first-order valence-corrected chi connectivity index (χ1v) is 6.77. The topological polar surface area (TPSA) is 54.0 Å². The SMILES string of the molecule is Cc1cc(NC(=O)CC2CNc3ccccc32)ccn1. The maximum Gasteiger partial charge on any atom is 0.225 e. The van der Waals surface area contributed by atoms with Gasteiger partial charge in [0.05, 0.1) is 0 Å². The van der Waals surface area contributed by atoms with E-state index >= 15 is 0 Å². The van der Waals surface area contributed by atoms with Crippen molar-refractivity contribution in [2.45, 2.75) is 19.3 Å². The number of para-hydroxylation sites is 1. The Bertz CT molecular complexity index is 639. The summed E-state index contributed by atoms with van der Waals surface area (Å²) >= 11 is 0. The number of rotatable bonds is 3. The number of nitrogens with one attached hydrogen (secondary N) is 2. The van der Waals surface area contributed by atoms with E-state index in [1.165, 1.54) is 5.56 Å². The second kappa shape index (κ2) is 5.33. The molecule has 4 heteroatoms. The number of fused-ring (bicyclic) bond motifs is 1. The lowest BCUT2D eigenvalue weighted by Gasteiger charge is -2.10. The molecule has 2 aromatic rings. The molecule has 2 N–H and O–H groups in total. The van der Waals surface area contributed by atoms with Crippen LogP contribution in [0.5, 0.6) is 0 Å². The van der Waals surface area contributed by atoms with Gasteiger partial charge in [-0.2, -0.15) is 0 Å². The quantitative estimate of drug-likeness (QED) is 0.899. The van der Waals surface area contributed by atoms with Crippen LogP contribution in [0.2, 0.25) is 0 Å². The minimum Gasteiger partial charge on any atom is -0.384 e. The monoisotopic (exact) mass is 267 g/mol. The highest BCUT2D eigenvalue weighted by atomic mass is 16.1. The van der Waals surface area contributed by atoms with Gasteiger partial charge in [0.15, 0.2) is 0 Å². The number of pyridine rings is 1. The van der Waals surface area contributed by atoms with E-state index in [0.717, 1.165) is 23.6 Å². The maximum absolute atomic E-state index is 12.1. The standard InChI is InChI=1S/C16H17N3O/c1-11-8-13(6-7-17-11)19-16(20)9-12-10-18-15-5-3-2-4-14(12)15/h2-8,12,18H,9-10H2,1H3,(H,17,19,20). The number of aromatic nitrogens is 1. The summed E-state index contributed by atoms with van der Waals surface area (Å²) in [5.41, 5.74) is 4.08. The molecule has 0 aliphatic carbocycles. The summed E-state index contributed by atoms with van der Waals surface area (Å²) in [5, 5.41) is 6.27. The number of carbonyl (C=O) groups excluding carboxylic acids is 1. The van der Waals surface area contributed by atoms with Crippen LogP contribution >= 0.6 is 0 Å². The fourth-order valence-electron chi connectivity index (χ4n) is 2.60. The molecule has 3 rings (SSSR count). The van der Waals surface area contributed by atoms with E-state index in [1.807, 2.05) is 31.2 Å². The molecule has 1 unspecified atom stereocenters. The van der Waals surface area contributed by atoms with E-state index in [4.69, 9.17) is 0 Å². The van der Waals surface area contributed by atoms with Crippen molar-refractivity contribution in [1.82, 2.24) is 4.98 Å². The molecular weight excluding hydrogens is 250 g/mol. The Morgan fingerprint density at radius 1 is 1.40 bits per heavy atom. The Labute approximate surface area is 118 Å². The zero-order valence-electron chi connectivity index (χ0n) is 11.4. The summed E-state index contributed by atoms with van der Waals surface area (Å²) in [7, 11) is 0. The number of carbonyl (C=O) groups is 1. The zero-order chi connectivity index (χ0) is 13.9. The lowest BCUT2D eigenvalue weighted by atomic mass is 9.97. The largest absolute Gasteiger partial charge is 0.384 e. The van der Waals surface area contributed by atoms with Crippen LogP contribution in [-0.4, -0.2) is 17.4 Å². The van der Waals surface area contributed by atoms with Crippen LogP contribution in [0.15, 0.2) is 42.6 Å². The molecule has 1 aromatic heterocycles. The van der Waals surface area contributed by atoms with Gasteiger partial charge in [-0.1, -0.05) is 18.2 Å². The zero-order valence-corrected chi connectivity index (χ0v) is 11.4. The van der Waals surface area contributed by atoms with Gasteiger partial charge >= 0.3 is 0 Å². The average Bonchev–Trinajstić information content (AvgIpc) is 2.82. The first kappa shape index (κ1) is 12.7. The van der Waals surface area contributed by atoms with Gasteiger partial charge in [0.25, 0.3) is 0 Å². The van der Waals surface area contributed by atoms with Crippen molar-refractivity contribution >= 4 is 17.3 Å². The molecule has 0 bridgehead atoms. The summed E-state index contributed by atoms with van der Waals surface area (Å²) in [4.78, 5) is 16.2. The predicted molar refractivity (Wildman–Crippen MR) is 79.9 cm³/mol. The molecule has 1 aromatic carbocycles. The highest BCUT2D eigenvalue weighted by Crippen LogP contribution is 2.33. The molecule has 102 valence electrons. The van der Waals surface area contributed by atoms with Gasteiger partial charge in [-0.05, 0) is 30.7 Å². The van der Waals surface area contributed by atoms with Crippen molar-refractivity contribution < 1.29 is 4.79 Å². The number of aryl methyl sites for hydroxylation is 1. The van der Waals surface area contributed by atoms with Crippen LogP contribution in [0.4, 0.5) is 11.4 Å². The number of hydrogen-bond acceptors (Lipinski definition) is 3. The summed E-state index contributed by atoms with van der Waals surface area (Å²) < 4.78 is 0. The number of amides is 1. The van der Waals surface area contributed by atoms with Gasteiger partial charge in [-0.25, -0.2) is 0 Å². The molecule has 4 nitrogen and oxygen atoms in total. The summed E-state index contributed by atoms with van der Waals surface area (Å²) in [6, 6.07) is 11.9. The minimum atomic E-state index is 0.0408. The highest BCUT2D eigenvalue weighted by molar-refractivity contribution is 5.91. The van der Waals surface area contributed by atoms with E-state index in [9.17, 15) is 4.79 Å². The lowest BCUT2D eigenvalue weighted by molar-refractivity contribution is -0.116. The molecule has 0 spiro atoms. The summed E-state index contributed by atoms with van der Waals surface area (Å²) in [5.74, 6) is 0.285. The van der Waals surface area contributed by atoms with E-state index in [2.05, 4.69) is 27.8 Å². The third-order valence-electron chi connectivity index (χ3n) is 3.55. The Morgan fingerprint density at radius 3 is 3.10 bits per heavy atom. The fourth-order valence-corrected chi connectivity index (χ4v) is 2.60. The Balaban J connectivity index is 1.66. The maximum atomic E-state index is 12.1. The van der Waals surface area contributed by atoms with Crippen molar-refractivity contribution in [2.75, 3.05) is 17.2 Å². The third kappa shape index (κ3) is 2.64. The number of benzene rings is 1. The molecule has 1 aliphatic heterocycles. The lowest BCUT2D eigenvalue weighted by Crippen LogP contribution is -2.16. The molecule has 20 heavy (non-hydrogen) atoms. The molecule has 2 heterocycles. The molecule has 0 fully saturated rings. The van der Waals surface area contributed by atoms with Crippen LogP contribution in [0.25, 0.3) is 0 Å². The van der Waals surface area contributed by atoms with Crippen LogP contribution in [0.1, 0.15) is 23.6 Å². The van der Waals surface area contributed by atoms with E-state index in [-0.39, 0.29) is 11.8 Å². The molecule has 1 aliphatic rings. The number of hydrogen-bond donors (Lipinski definition) is 2. The van der Waals surface area contributed by atoms with Crippen LogP contribution in [0, 0.1) is 6.92 Å². The second-order valence-corrected chi connectivity index (χ2v) is 5.10. The molecule has 1 amide bonds. The normalized spacial score (nSPS) is 16.4. The summed E-state index contributed by atoms with van der Waals surface area (Å²) in [6.07, 6.45) is 2.20. The van der Waals surface area contributed by atoms with Gasteiger partial charge in [-0.3, -0.25) is 9.78 Å². The van der Waals surface area contributed by atoms with Crippen LogP contribution in [0.3, 0.4) is 0 Å². The summed E-state index contributed by atoms with van der Waals surface area (Å²) in [6.45, 7) is 2.73. The fraction of sp³-hybridized carbons (Fsp3) is 0.250. The Morgan fingerprint density at radius 2 is 2.25 bits per heavy atom. The van der Waals surface area contributed by atoms with Crippen LogP contribution in [-0.2, 0) is 4.79 Å². The van der Waals surface area contributed by atoms with Gasteiger partial charge < -0.3 is 10.6 Å². The van der Waals surface area contributed by atoms with E-state index in [1.54, 1.807) is 6.20 Å². The van der Waals surface area contributed by atoms with Crippen molar-refractivity contribution in [3.63, 3.8) is 0 Å².